The minimum Gasteiger partial charge on any atom is -0.435 e. The number of aromatic nitrogens is 3. The van der Waals surface area contributed by atoms with Crippen LogP contribution < -0.4 is 15.8 Å². The molecule has 27 heavy (non-hydrogen) atoms. The number of pyridine rings is 1. The highest BCUT2D eigenvalue weighted by Crippen LogP contribution is 2.33. The predicted octanol–water partition coefficient (Wildman–Crippen LogP) is 4.71. The zero-order valence-electron chi connectivity index (χ0n) is 14.9. The highest BCUT2D eigenvalue weighted by Gasteiger charge is 2.12. The van der Waals surface area contributed by atoms with E-state index in [2.05, 4.69) is 39.3 Å². The maximum atomic E-state index is 6.25. The van der Waals surface area contributed by atoms with Gasteiger partial charge in [0.15, 0.2) is 11.6 Å². The van der Waals surface area contributed by atoms with E-state index in [1.54, 1.807) is 6.20 Å². The van der Waals surface area contributed by atoms with Crippen LogP contribution in [-0.4, -0.2) is 15.0 Å². The fourth-order valence-corrected chi connectivity index (χ4v) is 2.78. The van der Waals surface area contributed by atoms with Crippen LogP contribution in [0.25, 0.3) is 10.9 Å². The third-order valence-corrected chi connectivity index (χ3v) is 4.27. The van der Waals surface area contributed by atoms with Gasteiger partial charge < -0.3 is 15.8 Å². The number of aryl methyl sites for hydroxylation is 1. The lowest BCUT2D eigenvalue weighted by molar-refractivity contribution is 0.469. The Bertz CT molecular complexity index is 1070. The monoisotopic (exact) mass is 357 g/mol. The van der Waals surface area contributed by atoms with Crippen molar-refractivity contribution in [3.8, 4) is 11.6 Å². The zero-order valence-corrected chi connectivity index (χ0v) is 14.9. The first-order valence-electron chi connectivity index (χ1n) is 8.72. The highest BCUT2D eigenvalue weighted by atomic mass is 16.5. The van der Waals surface area contributed by atoms with Crippen LogP contribution in [0.4, 0.5) is 17.2 Å². The number of nitrogens with one attached hydrogen (secondary N) is 1. The Morgan fingerprint density at radius 1 is 0.963 bits per heavy atom. The van der Waals surface area contributed by atoms with E-state index < -0.39 is 0 Å². The lowest BCUT2D eigenvalue weighted by Crippen LogP contribution is -2.03. The molecule has 0 atom stereocenters. The fourth-order valence-electron chi connectivity index (χ4n) is 2.78. The molecule has 2 heterocycles. The molecule has 134 valence electrons. The van der Waals surface area contributed by atoms with Gasteiger partial charge in [0.1, 0.15) is 17.5 Å². The number of nitrogens with two attached hydrogens (primary N) is 1. The van der Waals surface area contributed by atoms with E-state index in [4.69, 9.17) is 10.5 Å². The van der Waals surface area contributed by atoms with Gasteiger partial charge in [0.2, 0.25) is 5.88 Å². The van der Waals surface area contributed by atoms with Gasteiger partial charge in [0.25, 0.3) is 0 Å². The summed E-state index contributed by atoms with van der Waals surface area (Å²) < 4.78 is 5.96. The summed E-state index contributed by atoms with van der Waals surface area (Å²) >= 11 is 0. The summed E-state index contributed by atoms with van der Waals surface area (Å²) in [6.45, 7) is 2.12. The summed E-state index contributed by atoms with van der Waals surface area (Å²) in [6.07, 6.45) is 4.14. The fraction of sp³-hybridized carbons (Fsp3) is 0.0952. The average molecular weight is 357 g/mol. The van der Waals surface area contributed by atoms with Crippen LogP contribution in [0.3, 0.4) is 0 Å². The van der Waals surface area contributed by atoms with Gasteiger partial charge in [-0.1, -0.05) is 37.3 Å². The van der Waals surface area contributed by atoms with Crippen LogP contribution in [0, 0.1) is 0 Å². The Labute approximate surface area is 157 Å². The number of benzene rings is 2. The molecule has 0 spiro atoms. The molecule has 6 heteroatoms. The number of nitrogens with zero attached hydrogens (tertiary/aromatic N) is 3. The Kier molecular flexibility index (Phi) is 4.53. The summed E-state index contributed by atoms with van der Waals surface area (Å²) in [5.41, 5.74) is 9.50. The number of nitrogen functional groups attached to an aromatic ring is 1. The average Bonchev–Trinajstić information content (AvgIpc) is 2.72. The molecule has 2 aromatic carbocycles. The molecule has 0 aliphatic carbocycles. The molecule has 2 aromatic heterocycles. The molecule has 4 rings (SSSR count). The van der Waals surface area contributed by atoms with E-state index in [1.807, 2.05) is 42.5 Å². The van der Waals surface area contributed by atoms with E-state index in [0.717, 1.165) is 23.0 Å². The summed E-state index contributed by atoms with van der Waals surface area (Å²) in [4.78, 5) is 12.8. The Morgan fingerprint density at radius 3 is 2.59 bits per heavy atom. The molecule has 3 N–H and O–H groups in total. The molecular formula is C21H19N5O. The van der Waals surface area contributed by atoms with E-state index in [1.165, 1.54) is 11.9 Å². The number of para-hydroxylation sites is 1. The summed E-state index contributed by atoms with van der Waals surface area (Å²) in [7, 11) is 0. The van der Waals surface area contributed by atoms with Gasteiger partial charge in [-0.3, -0.25) is 4.98 Å². The van der Waals surface area contributed by atoms with Crippen LogP contribution in [0.2, 0.25) is 0 Å². The Balaban J connectivity index is 1.63. The smallest absolute Gasteiger partial charge is 0.248 e. The number of ether oxygens (including phenoxy) is 1. The molecule has 0 radical (unpaired) electrons. The highest BCUT2D eigenvalue weighted by molar-refractivity contribution is 5.84. The topological polar surface area (TPSA) is 86.0 Å². The largest absolute Gasteiger partial charge is 0.435 e. The van der Waals surface area contributed by atoms with Crippen LogP contribution >= 0.6 is 0 Å². The molecular weight excluding hydrogens is 338 g/mol. The van der Waals surface area contributed by atoms with E-state index in [0.29, 0.717) is 17.3 Å². The van der Waals surface area contributed by atoms with Gasteiger partial charge in [-0.25, -0.2) is 4.98 Å². The lowest BCUT2D eigenvalue weighted by Gasteiger charge is -2.13. The minimum absolute atomic E-state index is 0.288. The van der Waals surface area contributed by atoms with Crippen molar-refractivity contribution >= 4 is 28.1 Å². The molecule has 6 nitrogen and oxygen atoms in total. The first-order chi connectivity index (χ1) is 13.2. The molecule has 0 amide bonds. The number of fused-ring (bicyclic) bond motifs is 1. The van der Waals surface area contributed by atoms with Crippen molar-refractivity contribution in [2.75, 3.05) is 11.1 Å². The van der Waals surface area contributed by atoms with Crippen LogP contribution in [-0.2, 0) is 6.42 Å². The van der Waals surface area contributed by atoms with E-state index in [9.17, 15) is 0 Å². The van der Waals surface area contributed by atoms with Gasteiger partial charge >= 0.3 is 0 Å². The molecule has 0 aliphatic heterocycles. The van der Waals surface area contributed by atoms with E-state index in [-0.39, 0.29) is 5.88 Å². The maximum Gasteiger partial charge on any atom is 0.248 e. The third kappa shape index (κ3) is 3.50. The molecule has 0 aliphatic rings. The normalized spacial score (nSPS) is 10.7. The number of hydrogen-bond donors (Lipinski definition) is 2. The predicted molar refractivity (Wildman–Crippen MR) is 107 cm³/mol. The SMILES string of the molecule is CCc1ccc(Nc2ncnc(Oc3cccc4cccnc34)c2N)cc1. The van der Waals surface area contributed by atoms with Gasteiger partial charge in [0, 0.05) is 17.3 Å². The minimum atomic E-state index is 0.288. The first kappa shape index (κ1) is 16.8. The molecule has 0 fully saturated rings. The number of rotatable bonds is 5. The van der Waals surface area contributed by atoms with Crippen LogP contribution in [0.5, 0.6) is 11.6 Å². The maximum absolute atomic E-state index is 6.25. The van der Waals surface area contributed by atoms with Gasteiger partial charge in [-0.2, -0.15) is 4.98 Å². The van der Waals surface area contributed by atoms with Crippen molar-refractivity contribution in [2.24, 2.45) is 0 Å². The summed E-state index contributed by atoms with van der Waals surface area (Å²) in [5, 5.41) is 4.20. The second-order valence-electron chi connectivity index (χ2n) is 6.05. The van der Waals surface area contributed by atoms with Crippen molar-refractivity contribution in [1.82, 2.24) is 15.0 Å². The van der Waals surface area contributed by atoms with Crippen molar-refractivity contribution in [3.05, 3.63) is 72.7 Å². The van der Waals surface area contributed by atoms with E-state index >= 15 is 0 Å². The van der Waals surface area contributed by atoms with Crippen LogP contribution in [0.15, 0.2) is 67.1 Å². The van der Waals surface area contributed by atoms with Gasteiger partial charge in [-0.05, 0) is 36.2 Å². The van der Waals surface area contributed by atoms with Gasteiger partial charge in [0.05, 0.1) is 0 Å². The van der Waals surface area contributed by atoms with Crippen molar-refractivity contribution in [3.63, 3.8) is 0 Å². The second-order valence-corrected chi connectivity index (χ2v) is 6.05. The van der Waals surface area contributed by atoms with Crippen molar-refractivity contribution in [2.45, 2.75) is 13.3 Å². The first-order valence-corrected chi connectivity index (χ1v) is 8.72. The number of hydrogen-bond acceptors (Lipinski definition) is 6. The summed E-state index contributed by atoms with van der Waals surface area (Å²) in [6, 6.07) is 17.7. The molecule has 0 bridgehead atoms. The third-order valence-electron chi connectivity index (χ3n) is 4.27. The molecule has 0 unspecified atom stereocenters. The van der Waals surface area contributed by atoms with Gasteiger partial charge in [-0.15, -0.1) is 0 Å². The quantitative estimate of drug-likeness (QED) is 0.538. The van der Waals surface area contributed by atoms with Crippen molar-refractivity contribution in [1.29, 1.82) is 0 Å². The molecule has 0 saturated heterocycles. The Morgan fingerprint density at radius 2 is 1.78 bits per heavy atom. The second kappa shape index (κ2) is 7.29. The Hall–Kier alpha value is -3.67. The standard InChI is InChI=1S/C21H19N5O/c1-2-14-8-10-16(11-9-14)26-20-18(22)21(25-13-24-20)27-17-7-3-5-15-6-4-12-23-19(15)17/h3-13H,2,22H2,1H3,(H,24,25,26). The zero-order chi connectivity index (χ0) is 18.6. The molecule has 0 saturated carbocycles. The summed E-state index contributed by atoms with van der Waals surface area (Å²) in [5.74, 6) is 1.38. The lowest BCUT2D eigenvalue weighted by atomic mass is 10.1. The van der Waals surface area contributed by atoms with Crippen LogP contribution in [0.1, 0.15) is 12.5 Å². The van der Waals surface area contributed by atoms with Crippen molar-refractivity contribution < 1.29 is 4.74 Å². The number of anilines is 3. The molecule has 4 aromatic rings.